The molecule has 4 nitrogen and oxygen atoms in total. The highest BCUT2D eigenvalue weighted by molar-refractivity contribution is 9.10. The Labute approximate surface area is 104 Å². The molecule has 5 heteroatoms. The van der Waals surface area contributed by atoms with Gasteiger partial charge in [0.25, 0.3) is 0 Å². The highest BCUT2D eigenvalue weighted by Gasteiger charge is 2.17. The zero-order valence-corrected chi connectivity index (χ0v) is 11.2. The smallest absolute Gasteiger partial charge is 0.242 e. The molecule has 0 aliphatic heterocycles. The van der Waals surface area contributed by atoms with Crippen LogP contribution in [0, 0.1) is 12.8 Å². The van der Waals surface area contributed by atoms with Crippen LogP contribution in [0.2, 0.25) is 0 Å². The summed E-state index contributed by atoms with van der Waals surface area (Å²) in [5.41, 5.74) is 6.56. The van der Waals surface area contributed by atoms with E-state index >= 15 is 0 Å². The maximum absolute atomic E-state index is 11.7. The van der Waals surface area contributed by atoms with Crippen molar-refractivity contribution in [3.8, 4) is 0 Å². The number of carbonyl (C=O) groups excluding carboxylic acids is 1. The van der Waals surface area contributed by atoms with Gasteiger partial charge in [0, 0.05) is 4.47 Å². The third-order valence-corrected chi connectivity index (χ3v) is 3.13. The zero-order chi connectivity index (χ0) is 12.3. The summed E-state index contributed by atoms with van der Waals surface area (Å²) in [6, 6.07) is 3.08. The van der Waals surface area contributed by atoms with E-state index < -0.39 is 6.04 Å². The van der Waals surface area contributed by atoms with Crippen molar-refractivity contribution in [3.63, 3.8) is 0 Å². The van der Waals surface area contributed by atoms with Crippen LogP contribution in [0.15, 0.2) is 16.6 Å². The molecule has 3 N–H and O–H groups in total. The van der Waals surface area contributed by atoms with E-state index in [-0.39, 0.29) is 11.8 Å². The Balaban J connectivity index is 2.74. The lowest BCUT2D eigenvalue weighted by Gasteiger charge is -2.15. The summed E-state index contributed by atoms with van der Waals surface area (Å²) in [6.07, 6.45) is 0. The molecule has 0 radical (unpaired) electrons. The van der Waals surface area contributed by atoms with Crippen molar-refractivity contribution in [1.29, 1.82) is 0 Å². The third-order valence-electron chi connectivity index (χ3n) is 2.29. The van der Waals surface area contributed by atoms with E-state index in [1.165, 1.54) is 0 Å². The van der Waals surface area contributed by atoms with Gasteiger partial charge in [-0.2, -0.15) is 0 Å². The number of nitrogens with one attached hydrogen (secondary N) is 1. The van der Waals surface area contributed by atoms with E-state index in [1.54, 1.807) is 6.07 Å². The molecule has 1 aromatic heterocycles. The van der Waals surface area contributed by atoms with Crippen LogP contribution >= 0.6 is 15.9 Å². The van der Waals surface area contributed by atoms with E-state index in [0.29, 0.717) is 5.82 Å². The minimum atomic E-state index is -0.509. The molecule has 0 bridgehead atoms. The van der Waals surface area contributed by atoms with Crippen molar-refractivity contribution in [2.75, 3.05) is 5.32 Å². The topological polar surface area (TPSA) is 68.0 Å². The third kappa shape index (κ3) is 3.28. The largest absolute Gasteiger partial charge is 0.320 e. The average Bonchev–Trinajstić information content (AvgIpc) is 2.22. The lowest BCUT2D eigenvalue weighted by molar-refractivity contribution is -0.118. The number of hydrogen-bond donors (Lipinski definition) is 2. The molecule has 16 heavy (non-hydrogen) atoms. The van der Waals surface area contributed by atoms with Gasteiger partial charge in [0.2, 0.25) is 5.91 Å². The molecule has 0 aromatic carbocycles. The molecule has 0 aliphatic rings. The van der Waals surface area contributed by atoms with Gasteiger partial charge in [-0.15, -0.1) is 0 Å². The van der Waals surface area contributed by atoms with Gasteiger partial charge in [-0.3, -0.25) is 4.79 Å². The molecular formula is C11H16BrN3O. The molecule has 0 aliphatic carbocycles. The fourth-order valence-corrected chi connectivity index (χ4v) is 1.35. The normalized spacial score (nSPS) is 12.6. The lowest BCUT2D eigenvalue weighted by Crippen LogP contribution is -2.39. The van der Waals surface area contributed by atoms with Crippen LogP contribution < -0.4 is 11.1 Å². The van der Waals surface area contributed by atoms with Crippen molar-refractivity contribution in [2.45, 2.75) is 26.8 Å². The first-order chi connectivity index (χ1) is 7.41. The Morgan fingerprint density at radius 2 is 2.12 bits per heavy atom. The minimum Gasteiger partial charge on any atom is -0.320 e. The van der Waals surface area contributed by atoms with E-state index in [0.717, 1.165) is 10.2 Å². The summed E-state index contributed by atoms with van der Waals surface area (Å²) < 4.78 is 0.915. The Bertz CT molecular complexity index is 393. The second-order valence-electron chi connectivity index (χ2n) is 4.02. The summed E-state index contributed by atoms with van der Waals surface area (Å²) in [5.74, 6) is 0.433. The first-order valence-electron chi connectivity index (χ1n) is 5.11. The summed E-state index contributed by atoms with van der Waals surface area (Å²) in [7, 11) is 0. The van der Waals surface area contributed by atoms with Crippen molar-refractivity contribution < 1.29 is 4.79 Å². The van der Waals surface area contributed by atoms with Crippen LogP contribution in [-0.2, 0) is 4.79 Å². The van der Waals surface area contributed by atoms with Crippen molar-refractivity contribution in [2.24, 2.45) is 11.7 Å². The molecule has 0 saturated heterocycles. The number of halogens is 1. The number of aryl methyl sites for hydroxylation is 1. The Morgan fingerprint density at radius 1 is 1.50 bits per heavy atom. The molecule has 1 atom stereocenters. The summed E-state index contributed by atoms with van der Waals surface area (Å²) in [4.78, 5) is 15.9. The van der Waals surface area contributed by atoms with Crippen molar-refractivity contribution in [1.82, 2.24) is 4.98 Å². The van der Waals surface area contributed by atoms with Crippen LogP contribution in [0.5, 0.6) is 0 Å². The van der Waals surface area contributed by atoms with Gasteiger partial charge in [0.1, 0.15) is 5.82 Å². The fraction of sp³-hybridized carbons (Fsp3) is 0.455. The molecule has 1 heterocycles. The number of aromatic nitrogens is 1. The van der Waals surface area contributed by atoms with Crippen molar-refractivity contribution >= 4 is 27.7 Å². The number of anilines is 1. The molecule has 1 rings (SSSR count). The second kappa shape index (κ2) is 5.41. The predicted octanol–water partition coefficient (Wildman–Crippen LogP) is 2.07. The van der Waals surface area contributed by atoms with Gasteiger partial charge in [-0.25, -0.2) is 4.98 Å². The molecule has 0 fully saturated rings. The van der Waals surface area contributed by atoms with Crippen LogP contribution in [0.25, 0.3) is 0 Å². The standard InChI is InChI=1S/C11H16BrN3O/c1-6(2)10(13)11(16)15-9-5-4-8(12)7(3)14-9/h4-6,10H,13H2,1-3H3,(H,14,15,16)/t10-/m0/s1. The SMILES string of the molecule is Cc1nc(NC(=O)[C@@H](N)C(C)C)ccc1Br. The molecule has 1 aromatic rings. The van der Waals surface area contributed by atoms with Crippen molar-refractivity contribution in [3.05, 3.63) is 22.3 Å². The van der Waals surface area contributed by atoms with E-state index in [2.05, 4.69) is 26.2 Å². The van der Waals surface area contributed by atoms with Gasteiger partial charge < -0.3 is 11.1 Å². The molecule has 0 saturated carbocycles. The Hall–Kier alpha value is -0.940. The quantitative estimate of drug-likeness (QED) is 0.893. The summed E-state index contributed by atoms with van der Waals surface area (Å²) in [6.45, 7) is 5.68. The number of hydrogen-bond acceptors (Lipinski definition) is 3. The molecule has 0 spiro atoms. The van der Waals surface area contributed by atoms with Gasteiger partial charge in [0.05, 0.1) is 11.7 Å². The molecule has 1 amide bonds. The van der Waals surface area contributed by atoms with E-state index in [9.17, 15) is 4.79 Å². The van der Waals surface area contributed by atoms with E-state index in [1.807, 2.05) is 26.8 Å². The van der Waals surface area contributed by atoms with Crippen LogP contribution in [0.3, 0.4) is 0 Å². The maximum atomic E-state index is 11.7. The Kier molecular flexibility index (Phi) is 4.44. The molecular weight excluding hydrogens is 270 g/mol. The number of nitrogens with zero attached hydrogens (tertiary/aromatic N) is 1. The fourth-order valence-electron chi connectivity index (χ4n) is 1.13. The average molecular weight is 286 g/mol. The summed E-state index contributed by atoms with van der Waals surface area (Å²) in [5, 5.41) is 2.70. The monoisotopic (exact) mass is 285 g/mol. The highest BCUT2D eigenvalue weighted by atomic mass is 79.9. The number of rotatable bonds is 3. The van der Waals surface area contributed by atoms with Gasteiger partial charge in [-0.1, -0.05) is 13.8 Å². The first-order valence-corrected chi connectivity index (χ1v) is 5.90. The number of amides is 1. The molecule has 0 unspecified atom stereocenters. The maximum Gasteiger partial charge on any atom is 0.242 e. The van der Waals surface area contributed by atoms with E-state index in [4.69, 9.17) is 5.73 Å². The second-order valence-corrected chi connectivity index (χ2v) is 4.88. The lowest BCUT2D eigenvalue weighted by atomic mass is 10.1. The summed E-state index contributed by atoms with van der Waals surface area (Å²) >= 11 is 3.35. The predicted molar refractivity (Wildman–Crippen MR) is 68.1 cm³/mol. The number of pyridine rings is 1. The number of carbonyl (C=O) groups is 1. The highest BCUT2D eigenvalue weighted by Crippen LogP contribution is 2.16. The van der Waals surface area contributed by atoms with Gasteiger partial charge >= 0.3 is 0 Å². The zero-order valence-electron chi connectivity index (χ0n) is 9.62. The van der Waals surface area contributed by atoms with Crippen LogP contribution in [0.1, 0.15) is 19.5 Å². The number of nitrogens with two attached hydrogens (primary N) is 1. The Morgan fingerprint density at radius 3 is 2.62 bits per heavy atom. The minimum absolute atomic E-state index is 0.108. The van der Waals surface area contributed by atoms with Crippen LogP contribution in [-0.4, -0.2) is 16.9 Å². The van der Waals surface area contributed by atoms with Crippen LogP contribution in [0.4, 0.5) is 5.82 Å². The first kappa shape index (κ1) is 13.1. The molecule has 88 valence electrons. The van der Waals surface area contributed by atoms with Gasteiger partial charge in [-0.05, 0) is 40.9 Å². The van der Waals surface area contributed by atoms with Gasteiger partial charge in [0.15, 0.2) is 0 Å².